The largest absolute Gasteiger partial charge is 0.463 e. The molecule has 0 amide bonds. The minimum Gasteiger partial charge on any atom is -0.463 e. The SMILES string of the molecule is CCCCC(CNCC)COC(=O)C12OC1(CC=C(C)CC1(c3ccnc(N)c3)CCCNC(=NC)N1)C(=O)c1ccccc1C2=O. The van der Waals surface area contributed by atoms with Gasteiger partial charge >= 0.3 is 5.97 Å². The van der Waals surface area contributed by atoms with Crippen molar-refractivity contribution in [3.05, 3.63) is 70.9 Å². The van der Waals surface area contributed by atoms with Crippen molar-refractivity contribution in [2.45, 2.75) is 82.5 Å². The standard InChI is InChI=1S/C36H48N6O5/c1-5-7-11-25(22-39-6-2)23-46-32(45)36-31(44)28-13-9-8-12-27(28)30(43)35(36,47-36)17-14-24(3)21-34(26-15-19-40-29(37)20-26)16-10-18-41-33(38-4)42-34/h8-9,12-15,19-20,25,39H,5-7,10-11,16-18,21-23H2,1-4H3,(H2,37,40)(H2,38,41,42). The first kappa shape index (κ1) is 34.3. The van der Waals surface area contributed by atoms with E-state index in [1.807, 2.05) is 32.1 Å². The number of nitrogens with two attached hydrogens (primary N) is 1. The van der Waals surface area contributed by atoms with Gasteiger partial charge in [0.25, 0.3) is 5.60 Å². The topological polar surface area (TPSA) is 160 Å². The third-order valence-electron chi connectivity index (χ3n) is 9.65. The number of aliphatic imine (C=N–C) groups is 1. The molecule has 1 aromatic heterocycles. The Morgan fingerprint density at radius 2 is 1.98 bits per heavy atom. The quantitative estimate of drug-likeness (QED) is 0.102. The maximum Gasteiger partial charge on any atom is 0.350 e. The average molecular weight is 645 g/mol. The second-order valence-corrected chi connectivity index (χ2v) is 12.9. The molecular formula is C36H48N6O5. The summed E-state index contributed by atoms with van der Waals surface area (Å²) >= 11 is 0. The zero-order valence-corrected chi connectivity index (χ0v) is 28.0. The van der Waals surface area contributed by atoms with E-state index in [0.717, 1.165) is 56.3 Å². The van der Waals surface area contributed by atoms with Gasteiger partial charge in [-0.3, -0.25) is 14.6 Å². The lowest BCUT2D eigenvalue weighted by atomic mass is 9.72. The van der Waals surface area contributed by atoms with Crippen LogP contribution in [0.25, 0.3) is 0 Å². The number of nitrogen functional groups attached to an aromatic ring is 1. The molecule has 2 aromatic rings. The molecule has 11 heteroatoms. The number of nitrogens with one attached hydrogen (secondary N) is 3. The van der Waals surface area contributed by atoms with Crippen LogP contribution in [0, 0.1) is 5.92 Å². The number of fused-ring (bicyclic) bond motifs is 2. The van der Waals surface area contributed by atoms with Crippen LogP contribution in [-0.2, 0) is 19.8 Å². The number of ketones is 2. The maximum atomic E-state index is 14.1. The number of unbranched alkanes of at least 4 members (excludes halogenated alkanes) is 1. The third kappa shape index (κ3) is 6.56. The fourth-order valence-electron chi connectivity index (χ4n) is 7.04. The molecule has 0 radical (unpaired) electrons. The summed E-state index contributed by atoms with van der Waals surface area (Å²) in [6, 6.07) is 10.4. The fraction of sp³-hybridized carbons (Fsp3) is 0.528. The van der Waals surface area contributed by atoms with Crippen LogP contribution in [0.15, 0.2) is 59.2 Å². The van der Waals surface area contributed by atoms with E-state index in [9.17, 15) is 14.4 Å². The number of guanidine groups is 1. The Balaban J connectivity index is 1.44. The summed E-state index contributed by atoms with van der Waals surface area (Å²) in [5, 5.41) is 10.3. The van der Waals surface area contributed by atoms with Gasteiger partial charge in [0.05, 0.1) is 12.1 Å². The molecule has 2 aliphatic heterocycles. The zero-order valence-electron chi connectivity index (χ0n) is 28.0. The smallest absolute Gasteiger partial charge is 0.350 e. The van der Waals surface area contributed by atoms with Crippen molar-refractivity contribution in [1.82, 2.24) is 20.9 Å². The molecule has 1 aromatic carbocycles. The summed E-state index contributed by atoms with van der Waals surface area (Å²) in [7, 11) is 1.73. The van der Waals surface area contributed by atoms with Gasteiger partial charge in [0.2, 0.25) is 5.78 Å². The highest BCUT2D eigenvalue weighted by molar-refractivity contribution is 6.32. The number of epoxide rings is 1. The number of esters is 1. The van der Waals surface area contributed by atoms with E-state index in [1.54, 1.807) is 37.5 Å². The van der Waals surface area contributed by atoms with Crippen LogP contribution in [0.1, 0.15) is 92.0 Å². The summed E-state index contributed by atoms with van der Waals surface area (Å²) in [4.78, 5) is 50.7. The van der Waals surface area contributed by atoms with Gasteiger partial charge in [-0.1, -0.05) is 62.6 Å². The molecule has 2 fully saturated rings. The third-order valence-corrected chi connectivity index (χ3v) is 9.65. The summed E-state index contributed by atoms with van der Waals surface area (Å²) < 4.78 is 12.0. The van der Waals surface area contributed by atoms with E-state index < -0.39 is 28.5 Å². The van der Waals surface area contributed by atoms with Crippen LogP contribution in [-0.4, -0.2) is 73.0 Å². The van der Waals surface area contributed by atoms with Crippen LogP contribution < -0.4 is 21.7 Å². The van der Waals surface area contributed by atoms with Crippen LogP contribution >= 0.6 is 0 Å². The highest BCUT2D eigenvalue weighted by atomic mass is 16.7. The number of aromatic nitrogens is 1. The first-order chi connectivity index (χ1) is 22.7. The van der Waals surface area contributed by atoms with E-state index >= 15 is 0 Å². The molecule has 5 N–H and O–H groups in total. The van der Waals surface area contributed by atoms with Crippen molar-refractivity contribution in [3.63, 3.8) is 0 Å². The monoisotopic (exact) mass is 644 g/mol. The number of nitrogens with zero attached hydrogens (tertiary/aromatic N) is 2. The van der Waals surface area contributed by atoms with Crippen molar-refractivity contribution in [3.8, 4) is 0 Å². The molecule has 4 atom stereocenters. The number of Topliss-reactive ketones (excluding diaryl/α,β-unsaturated/α-hetero) is 2. The molecule has 0 saturated carbocycles. The summed E-state index contributed by atoms with van der Waals surface area (Å²) in [5.41, 5.74) is 4.24. The Bertz CT molecular complexity index is 1550. The Labute approximate surface area is 277 Å². The lowest BCUT2D eigenvalue weighted by molar-refractivity contribution is -0.149. The molecule has 3 aliphatic rings. The molecule has 11 nitrogen and oxygen atoms in total. The van der Waals surface area contributed by atoms with E-state index in [-0.39, 0.29) is 35.9 Å². The summed E-state index contributed by atoms with van der Waals surface area (Å²) in [5.74, 6) is -0.518. The van der Waals surface area contributed by atoms with Crippen LogP contribution in [0.2, 0.25) is 0 Å². The Hall–Kier alpha value is -4.09. The number of pyridine rings is 1. The Morgan fingerprint density at radius 1 is 1.21 bits per heavy atom. The summed E-state index contributed by atoms with van der Waals surface area (Å²) in [6.45, 7) is 8.53. The fourth-order valence-corrected chi connectivity index (χ4v) is 7.04. The Morgan fingerprint density at radius 3 is 2.68 bits per heavy atom. The normalized spacial score (nSPS) is 26.8. The zero-order chi connectivity index (χ0) is 33.7. The van der Waals surface area contributed by atoms with Gasteiger partial charge in [-0.25, -0.2) is 9.78 Å². The molecule has 3 heterocycles. The second-order valence-electron chi connectivity index (χ2n) is 12.9. The van der Waals surface area contributed by atoms with Gasteiger partial charge in [0, 0.05) is 49.8 Å². The molecule has 5 rings (SSSR count). The molecule has 4 unspecified atom stereocenters. The number of carbonyl (C=O) groups is 3. The van der Waals surface area contributed by atoms with Crippen molar-refractivity contribution in [2.75, 3.05) is 39.0 Å². The van der Waals surface area contributed by atoms with Gasteiger partial charge in [-0.2, -0.15) is 0 Å². The van der Waals surface area contributed by atoms with Gasteiger partial charge in [-0.15, -0.1) is 0 Å². The first-order valence-electron chi connectivity index (χ1n) is 16.8. The second kappa shape index (κ2) is 14.4. The van der Waals surface area contributed by atoms with Gasteiger partial charge in [-0.05, 0) is 56.8 Å². The molecule has 0 bridgehead atoms. The van der Waals surface area contributed by atoms with Crippen molar-refractivity contribution < 1.29 is 23.9 Å². The van der Waals surface area contributed by atoms with Gasteiger partial charge in [0.15, 0.2) is 17.3 Å². The minimum atomic E-state index is -2.01. The van der Waals surface area contributed by atoms with Crippen LogP contribution in [0.4, 0.5) is 5.82 Å². The summed E-state index contributed by atoms with van der Waals surface area (Å²) in [6.07, 6.45) is 8.76. The van der Waals surface area contributed by atoms with Crippen LogP contribution in [0.5, 0.6) is 0 Å². The van der Waals surface area contributed by atoms with E-state index in [4.69, 9.17) is 15.2 Å². The number of rotatable bonds is 14. The molecule has 2 saturated heterocycles. The molecule has 1 aliphatic carbocycles. The highest BCUT2D eigenvalue weighted by Crippen LogP contribution is 2.58. The number of hydrogen-bond acceptors (Lipinski definition) is 9. The molecule has 47 heavy (non-hydrogen) atoms. The highest BCUT2D eigenvalue weighted by Gasteiger charge is 2.85. The number of benzene rings is 1. The molecule has 0 spiro atoms. The van der Waals surface area contributed by atoms with Crippen LogP contribution in [0.3, 0.4) is 0 Å². The number of ether oxygens (including phenoxy) is 2. The lowest BCUT2D eigenvalue weighted by Crippen LogP contribution is -2.50. The van der Waals surface area contributed by atoms with Crippen molar-refractivity contribution in [2.24, 2.45) is 10.9 Å². The average Bonchev–Trinajstić information content (AvgIpc) is 3.83. The molecule has 252 valence electrons. The first-order valence-corrected chi connectivity index (χ1v) is 16.8. The maximum absolute atomic E-state index is 14.1. The van der Waals surface area contributed by atoms with Crippen molar-refractivity contribution >= 4 is 29.3 Å². The van der Waals surface area contributed by atoms with E-state index in [2.05, 4.69) is 32.9 Å². The van der Waals surface area contributed by atoms with Crippen molar-refractivity contribution in [1.29, 1.82) is 0 Å². The van der Waals surface area contributed by atoms with E-state index in [0.29, 0.717) is 24.7 Å². The number of hydrogen-bond donors (Lipinski definition) is 4. The Kier molecular flexibility index (Phi) is 10.5. The predicted molar refractivity (Wildman–Crippen MR) is 181 cm³/mol. The van der Waals surface area contributed by atoms with Gasteiger partial charge < -0.3 is 31.2 Å². The number of anilines is 1. The minimum absolute atomic E-state index is 0.0467. The molecular weight excluding hydrogens is 596 g/mol. The lowest BCUT2D eigenvalue weighted by Gasteiger charge is -2.35. The number of carbonyl (C=O) groups excluding carboxylic acids is 3. The predicted octanol–water partition coefficient (Wildman–Crippen LogP) is 4.09. The van der Waals surface area contributed by atoms with E-state index in [1.165, 1.54) is 0 Å². The van der Waals surface area contributed by atoms with Gasteiger partial charge in [0.1, 0.15) is 5.82 Å².